The molecule has 0 saturated carbocycles. The van der Waals surface area contributed by atoms with Gasteiger partial charge in [-0.2, -0.15) is 13.2 Å². The van der Waals surface area contributed by atoms with Gasteiger partial charge in [-0.25, -0.2) is 0 Å². The smallest absolute Gasteiger partial charge is 0.366 e. The van der Waals surface area contributed by atoms with E-state index < -0.39 is 23.7 Å². The van der Waals surface area contributed by atoms with Crippen molar-refractivity contribution in [2.24, 2.45) is 0 Å². The van der Waals surface area contributed by atoms with Gasteiger partial charge >= 0.3 is 6.18 Å². The summed E-state index contributed by atoms with van der Waals surface area (Å²) in [4.78, 5) is 16.3. The summed E-state index contributed by atoms with van der Waals surface area (Å²) in [6.45, 7) is 1.52. The Kier molecular flexibility index (Phi) is 5.11. The zero-order valence-corrected chi connectivity index (χ0v) is 15.1. The number of aromatic amines is 1. The number of hydrogen-bond acceptors (Lipinski definition) is 2. The summed E-state index contributed by atoms with van der Waals surface area (Å²) < 4.78 is 40.1. The van der Waals surface area contributed by atoms with Crippen LogP contribution in [0.4, 0.5) is 13.2 Å². The minimum atomic E-state index is -4.48. The van der Waals surface area contributed by atoms with Crippen LogP contribution in [0.15, 0.2) is 48.8 Å². The third kappa shape index (κ3) is 3.78. The molecular formula is C18H14ClF3N2OS. The molecule has 1 atom stereocenters. The van der Waals surface area contributed by atoms with E-state index in [1.807, 2.05) is 0 Å². The molecule has 2 heterocycles. The maximum atomic E-state index is 13.2. The molecule has 0 aliphatic heterocycles. The van der Waals surface area contributed by atoms with Gasteiger partial charge in [0.05, 0.1) is 21.5 Å². The molecule has 0 aliphatic rings. The lowest BCUT2D eigenvalue weighted by atomic mass is 10.0. The van der Waals surface area contributed by atoms with Crippen LogP contribution in [0.3, 0.4) is 0 Å². The molecule has 1 aromatic carbocycles. The largest absolute Gasteiger partial charge is 0.416 e. The van der Waals surface area contributed by atoms with Crippen molar-refractivity contribution in [3.8, 4) is 10.4 Å². The Bertz CT molecular complexity index is 932. The number of aromatic nitrogens is 1. The topological polar surface area (TPSA) is 44.9 Å². The lowest BCUT2D eigenvalue weighted by molar-refractivity contribution is -0.138. The van der Waals surface area contributed by atoms with E-state index in [1.165, 1.54) is 42.7 Å². The Morgan fingerprint density at radius 2 is 1.92 bits per heavy atom. The summed E-state index contributed by atoms with van der Waals surface area (Å²) in [5.41, 5.74) is 0.257. The van der Waals surface area contributed by atoms with Gasteiger partial charge < -0.3 is 10.3 Å². The van der Waals surface area contributed by atoms with Gasteiger partial charge in [0.1, 0.15) is 0 Å². The summed E-state index contributed by atoms with van der Waals surface area (Å²) in [5.74, 6) is -0.463. The molecule has 0 radical (unpaired) electrons. The van der Waals surface area contributed by atoms with Crippen molar-refractivity contribution in [2.45, 2.75) is 19.1 Å². The summed E-state index contributed by atoms with van der Waals surface area (Å²) in [5, 5.41) is 2.64. The van der Waals surface area contributed by atoms with E-state index >= 15 is 0 Å². The first-order valence-electron chi connectivity index (χ1n) is 7.67. The number of carbonyl (C=O) groups excluding carboxylic acids is 1. The van der Waals surface area contributed by atoms with Gasteiger partial charge in [0.15, 0.2) is 0 Å². The van der Waals surface area contributed by atoms with E-state index in [1.54, 1.807) is 18.3 Å². The Morgan fingerprint density at radius 1 is 1.19 bits per heavy atom. The molecule has 1 amide bonds. The fraction of sp³-hybridized carbons (Fsp3) is 0.167. The number of amides is 1. The second-order valence-electron chi connectivity index (χ2n) is 5.67. The highest BCUT2D eigenvalue weighted by Gasteiger charge is 2.34. The Morgan fingerprint density at radius 3 is 2.58 bits per heavy atom. The molecule has 136 valence electrons. The van der Waals surface area contributed by atoms with Crippen LogP contribution in [-0.2, 0) is 6.18 Å². The molecular weight excluding hydrogens is 385 g/mol. The number of thiophene rings is 1. The summed E-state index contributed by atoms with van der Waals surface area (Å²) >= 11 is 7.25. The van der Waals surface area contributed by atoms with Crippen LogP contribution in [0, 0.1) is 0 Å². The van der Waals surface area contributed by atoms with Gasteiger partial charge in [-0.05, 0) is 30.7 Å². The van der Waals surface area contributed by atoms with E-state index in [4.69, 9.17) is 11.6 Å². The molecule has 3 aromatic rings. The number of carbonyl (C=O) groups is 1. The SMILES string of the molecule is C[C@@H](NC(=O)c1c[nH]cc1-c1ccc(Cl)s1)c1ccccc1C(F)(F)F. The van der Waals surface area contributed by atoms with Crippen molar-refractivity contribution in [3.63, 3.8) is 0 Å². The second kappa shape index (κ2) is 7.17. The van der Waals surface area contributed by atoms with Gasteiger partial charge in [-0.1, -0.05) is 29.8 Å². The van der Waals surface area contributed by atoms with Crippen LogP contribution >= 0.6 is 22.9 Å². The first-order chi connectivity index (χ1) is 12.3. The lowest BCUT2D eigenvalue weighted by Gasteiger charge is -2.19. The number of nitrogens with one attached hydrogen (secondary N) is 2. The van der Waals surface area contributed by atoms with Crippen LogP contribution in [0.2, 0.25) is 4.34 Å². The summed E-state index contributed by atoms with van der Waals surface area (Å²) in [6, 6.07) is 7.91. The van der Waals surface area contributed by atoms with E-state index in [2.05, 4.69) is 10.3 Å². The summed E-state index contributed by atoms with van der Waals surface area (Å²) in [6.07, 6.45) is -1.31. The molecule has 0 aliphatic carbocycles. The lowest BCUT2D eigenvalue weighted by Crippen LogP contribution is -2.28. The minimum Gasteiger partial charge on any atom is -0.366 e. The molecule has 3 nitrogen and oxygen atoms in total. The van der Waals surface area contributed by atoms with Gasteiger partial charge in [0.25, 0.3) is 5.91 Å². The molecule has 2 N–H and O–H groups in total. The second-order valence-corrected chi connectivity index (χ2v) is 7.38. The van der Waals surface area contributed by atoms with Crippen LogP contribution in [0.5, 0.6) is 0 Å². The van der Waals surface area contributed by atoms with Crippen molar-refractivity contribution < 1.29 is 18.0 Å². The monoisotopic (exact) mass is 398 g/mol. The fourth-order valence-electron chi connectivity index (χ4n) is 2.70. The summed E-state index contributed by atoms with van der Waals surface area (Å²) in [7, 11) is 0. The van der Waals surface area contributed by atoms with Crippen LogP contribution in [0.1, 0.15) is 34.5 Å². The standard InChI is InChI=1S/C18H14ClF3N2OS/c1-10(11-4-2-3-5-14(11)18(20,21)22)24-17(25)13-9-23-8-12(13)15-6-7-16(19)26-15/h2-10,23H,1H3,(H,24,25)/t10-/m1/s1. The predicted octanol–water partition coefficient (Wildman–Crippen LogP) is 5.91. The molecule has 0 spiro atoms. The predicted molar refractivity (Wildman–Crippen MR) is 96.4 cm³/mol. The Hall–Kier alpha value is -2.25. The van der Waals surface area contributed by atoms with Gasteiger partial charge in [-0.15, -0.1) is 11.3 Å². The zero-order valence-electron chi connectivity index (χ0n) is 13.5. The van der Waals surface area contributed by atoms with E-state index in [-0.39, 0.29) is 5.56 Å². The van der Waals surface area contributed by atoms with E-state index in [0.29, 0.717) is 15.5 Å². The molecule has 26 heavy (non-hydrogen) atoms. The maximum absolute atomic E-state index is 13.2. The molecule has 0 bridgehead atoms. The fourth-order valence-corrected chi connectivity index (χ4v) is 3.77. The minimum absolute atomic E-state index is 0.0182. The Balaban J connectivity index is 1.85. The first kappa shape index (κ1) is 18.5. The molecule has 2 aromatic heterocycles. The Labute approximate surface area is 156 Å². The average molecular weight is 399 g/mol. The highest BCUT2D eigenvalue weighted by molar-refractivity contribution is 7.19. The van der Waals surface area contributed by atoms with Crippen LogP contribution in [-0.4, -0.2) is 10.9 Å². The van der Waals surface area contributed by atoms with Gasteiger partial charge in [-0.3, -0.25) is 4.79 Å². The molecule has 3 rings (SSSR count). The highest BCUT2D eigenvalue weighted by atomic mass is 35.5. The van der Waals surface area contributed by atoms with Crippen molar-refractivity contribution in [1.82, 2.24) is 10.3 Å². The normalized spacial score (nSPS) is 12.8. The van der Waals surface area contributed by atoms with Crippen molar-refractivity contribution >= 4 is 28.8 Å². The first-order valence-corrected chi connectivity index (χ1v) is 8.86. The van der Waals surface area contributed by atoms with Crippen molar-refractivity contribution in [1.29, 1.82) is 0 Å². The third-order valence-electron chi connectivity index (χ3n) is 3.91. The van der Waals surface area contributed by atoms with Crippen molar-refractivity contribution in [2.75, 3.05) is 0 Å². The van der Waals surface area contributed by atoms with E-state index in [0.717, 1.165) is 10.9 Å². The molecule has 0 fully saturated rings. The average Bonchev–Trinajstić information content (AvgIpc) is 3.22. The number of H-pyrrole nitrogens is 1. The van der Waals surface area contributed by atoms with Crippen LogP contribution < -0.4 is 5.32 Å². The quantitative estimate of drug-likeness (QED) is 0.564. The molecule has 8 heteroatoms. The number of alkyl halides is 3. The number of benzene rings is 1. The highest BCUT2D eigenvalue weighted by Crippen LogP contribution is 2.35. The van der Waals surface area contributed by atoms with E-state index in [9.17, 15) is 18.0 Å². The number of halogens is 4. The molecule has 0 unspecified atom stereocenters. The zero-order chi connectivity index (χ0) is 18.9. The van der Waals surface area contributed by atoms with Crippen molar-refractivity contribution in [3.05, 3.63) is 69.8 Å². The van der Waals surface area contributed by atoms with Crippen LogP contribution in [0.25, 0.3) is 10.4 Å². The van der Waals surface area contributed by atoms with Gasteiger partial charge in [0, 0.05) is 22.8 Å². The number of rotatable bonds is 4. The third-order valence-corrected chi connectivity index (χ3v) is 5.17. The molecule has 0 saturated heterocycles. The number of hydrogen-bond donors (Lipinski definition) is 2. The van der Waals surface area contributed by atoms with Gasteiger partial charge in [0.2, 0.25) is 0 Å². The maximum Gasteiger partial charge on any atom is 0.416 e.